The molecule has 34 heavy (non-hydrogen) atoms. The zero-order valence-corrected chi connectivity index (χ0v) is 18.8. The standard InChI is InChI=1S/C25H25FN4O4/c1-16-14-17-4-2-3-5-21(17)30(16)18-6-7-19(20(26)15-18)22(31)28-10-12-29(13-11-28)23(32)25(8-9-25)34-24(27)33/h2-7,14-15H,8-13H2,1H3,(H2,27,33). The maximum Gasteiger partial charge on any atom is 0.405 e. The molecule has 2 N–H and O–H groups in total. The monoisotopic (exact) mass is 464 g/mol. The third-order valence-electron chi connectivity index (χ3n) is 6.58. The smallest absolute Gasteiger partial charge is 0.405 e. The van der Waals surface area contributed by atoms with Gasteiger partial charge in [-0.2, -0.15) is 0 Å². The van der Waals surface area contributed by atoms with Gasteiger partial charge in [0.15, 0.2) is 5.60 Å². The Kier molecular flexibility index (Phi) is 5.27. The number of carbonyl (C=O) groups excluding carboxylic acids is 3. The van der Waals surface area contributed by atoms with Crippen LogP contribution in [-0.2, 0) is 9.53 Å². The Morgan fingerprint density at radius 1 is 0.971 bits per heavy atom. The van der Waals surface area contributed by atoms with Crippen molar-refractivity contribution in [1.82, 2.24) is 14.4 Å². The van der Waals surface area contributed by atoms with E-state index in [1.807, 2.05) is 41.8 Å². The van der Waals surface area contributed by atoms with Gasteiger partial charge < -0.3 is 24.8 Å². The molecule has 1 aromatic heterocycles. The second kappa shape index (κ2) is 8.16. The fourth-order valence-electron chi connectivity index (χ4n) is 4.69. The lowest BCUT2D eigenvalue weighted by atomic mass is 10.1. The van der Waals surface area contributed by atoms with E-state index in [-0.39, 0.29) is 37.6 Å². The number of nitrogens with zero attached hydrogens (tertiary/aromatic N) is 3. The molecule has 9 heteroatoms. The molecular weight excluding hydrogens is 439 g/mol. The van der Waals surface area contributed by atoms with Crippen molar-refractivity contribution >= 4 is 28.8 Å². The molecule has 3 amide bonds. The van der Waals surface area contributed by atoms with Gasteiger partial charge in [-0.3, -0.25) is 9.59 Å². The molecule has 1 saturated carbocycles. The number of ether oxygens (including phenoxy) is 1. The summed E-state index contributed by atoms with van der Waals surface area (Å²) in [5.74, 6) is -1.30. The van der Waals surface area contributed by atoms with Crippen LogP contribution in [0.2, 0.25) is 0 Å². The van der Waals surface area contributed by atoms with E-state index in [0.29, 0.717) is 18.5 Å². The third kappa shape index (κ3) is 3.76. The van der Waals surface area contributed by atoms with Crippen LogP contribution in [-0.4, -0.2) is 64.1 Å². The first-order valence-corrected chi connectivity index (χ1v) is 11.2. The van der Waals surface area contributed by atoms with Gasteiger partial charge in [0.05, 0.1) is 11.1 Å². The van der Waals surface area contributed by atoms with Gasteiger partial charge in [-0.1, -0.05) is 18.2 Å². The average molecular weight is 464 g/mol. The average Bonchev–Trinajstić information content (AvgIpc) is 3.51. The molecule has 176 valence electrons. The lowest BCUT2D eigenvalue weighted by molar-refractivity contribution is -0.144. The number of aromatic nitrogens is 1. The molecule has 0 unspecified atom stereocenters. The normalized spacial score (nSPS) is 17.0. The number of halogens is 1. The van der Waals surface area contributed by atoms with E-state index < -0.39 is 23.4 Å². The number of aryl methyl sites for hydroxylation is 1. The SMILES string of the molecule is Cc1cc2ccccc2n1-c1ccc(C(=O)N2CCN(C(=O)C3(OC(N)=O)CC3)CC2)c(F)c1. The molecule has 2 aromatic carbocycles. The van der Waals surface area contributed by atoms with Gasteiger partial charge in [-0.05, 0) is 37.3 Å². The summed E-state index contributed by atoms with van der Waals surface area (Å²) in [6.45, 7) is 3.04. The van der Waals surface area contributed by atoms with Crippen molar-refractivity contribution in [1.29, 1.82) is 0 Å². The van der Waals surface area contributed by atoms with Crippen LogP contribution in [0.15, 0.2) is 48.5 Å². The molecule has 2 fully saturated rings. The maximum atomic E-state index is 15.1. The van der Waals surface area contributed by atoms with Crippen LogP contribution in [0.4, 0.5) is 9.18 Å². The fraction of sp³-hybridized carbons (Fsp3) is 0.320. The topological polar surface area (TPSA) is 97.9 Å². The molecule has 8 nitrogen and oxygen atoms in total. The number of carbonyl (C=O) groups is 3. The zero-order chi connectivity index (χ0) is 24.0. The van der Waals surface area contributed by atoms with E-state index in [4.69, 9.17) is 10.5 Å². The first-order valence-electron chi connectivity index (χ1n) is 11.2. The minimum Gasteiger partial charge on any atom is -0.433 e. The minimum absolute atomic E-state index is 0.00614. The van der Waals surface area contributed by atoms with E-state index in [9.17, 15) is 14.4 Å². The van der Waals surface area contributed by atoms with Crippen molar-refractivity contribution in [3.8, 4) is 5.69 Å². The molecule has 1 aliphatic carbocycles. The molecule has 0 atom stereocenters. The van der Waals surface area contributed by atoms with Crippen LogP contribution in [0.5, 0.6) is 0 Å². The molecule has 2 heterocycles. The Balaban J connectivity index is 1.29. The number of piperazine rings is 1. The number of nitrogens with two attached hydrogens (primary N) is 1. The Hall–Kier alpha value is -3.88. The zero-order valence-electron chi connectivity index (χ0n) is 18.8. The molecule has 0 bridgehead atoms. The minimum atomic E-state index is -1.15. The number of para-hydroxylation sites is 1. The summed E-state index contributed by atoms with van der Waals surface area (Å²) in [7, 11) is 0. The predicted molar refractivity (Wildman–Crippen MR) is 123 cm³/mol. The summed E-state index contributed by atoms with van der Waals surface area (Å²) in [6, 6.07) is 14.5. The van der Waals surface area contributed by atoms with Crippen molar-refractivity contribution in [2.45, 2.75) is 25.4 Å². The highest BCUT2D eigenvalue weighted by molar-refractivity contribution is 5.95. The maximum absolute atomic E-state index is 15.1. The number of rotatable bonds is 4. The number of fused-ring (bicyclic) bond motifs is 1. The lowest BCUT2D eigenvalue weighted by Crippen LogP contribution is -2.54. The van der Waals surface area contributed by atoms with Crippen LogP contribution in [0.1, 0.15) is 28.9 Å². The van der Waals surface area contributed by atoms with Gasteiger partial charge in [0.2, 0.25) is 0 Å². The summed E-state index contributed by atoms with van der Waals surface area (Å²) in [5.41, 5.74) is 6.50. The summed E-state index contributed by atoms with van der Waals surface area (Å²) in [6.07, 6.45) is -0.0785. The molecule has 1 saturated heterocycles. The van der Waals surface area contributed by atoms with E-state index >= 15 is 4.39 Å². The van der Waals surface area contributed by atoms with Crippen molar-refractivity contribution in [3.63, 3.8) is 0 Å². The van der Waals surface area contributed by atoms with E-state index in [1.165, 1.54) is 17.0 Å². The Labute approximate surface area is 195 Å². The van der Waals surface area contributed by atoms with Gasteiger partial charge in [-0.15, -0.1) is 0 Å². The molecule has 0 spiro atoms. The Morgan fingerprint density at radius 3 is 2.29 bits per heavy atom. The van der Waals surface area contributed by atoms with Crippen molar-refractivity contribution in [2.24, 2.45) is 5.73 Å². The first-order chi connectivity index (χ1) is 16.3. The second-order valence-corrected chi connectivity index (χ2v) is 8.84. The van der Waals surface area contributed by atoms with Crippen LogP contribution >= 0.6 is 0 Å². The van der Waals surface area contributed by atoms with Gasteiger partial charge >= 0.3 is 6.09 Å². The van der Waals surface area contributed by atoms with Crippen LogP contribution in [0.25, 0.3) is 16.6 Å². The van der Waals surface area contributed by atoms with Crippen molar-refractivity contribution < 1.29 is 23.5 Å². The van der Waals surface area contributed by atoms with Crippen molar-refractivity contribution in [3.05, 3.63) is 65.6 Å². The third-order valence-corrected chi connectivity index (χ3v) is 6.58. The highest BCUT2D eigenvalue weighted by Crippen LogP contribution is 2.41. The fourth-order valence-corrected chi connectivity index (χ4v) is 4.69. The van der Waals surface area contributed by atoms with E-state index in [2.05, 4.69) is 0 Å². The van der Waals surface area contributed by atoms with Crippen molar-refractivity contribution in [2.75, 3.05) is 26.2 Å². The first kappa shape index (κ1) is 21.9. The van der Waals surface area contributed by atoms with Crippen LogP contribution in [0.3, 0.4) is 0 Å². The summed E-state index contributed by atoms with van der Waals surface area (Å²) in [5, 5.41) is 1.06. The van der Waals surface area contributed by atoms with Gasteiger partial charge in [0.25, 0.3) is 11.8 Å². The highest BCUT2D eigenvalue weighted by Gasteiger charge is 2.56. The van der Waals surface area contributed by atoms with Gasteiger partial charge in [0, 0.05) is 55.8 Å². The predicted octanol–water partition coefficient (Wildman–Crippen LogP) is 2.99. The molecule has 0 radical (unpaired) electrons. The second-order valence-electron chi connectivity index (χ2n) is 8.84. The van der Waals surface area contributed by atoms with Gasteiger partial charge in [0.1, 0.15) is 5.82 Å². The summed E-state index contributed by atoms with van der Waals surface area (Å²) < 4.78 is 22.1. The molecular formula is C25H25FN4O4. The Bertz CT molecular complexity index is 1310. The number of benzene rings is 2. The lowest BCUT2D eigenvalue weighted by Gasteiger charge is -2.36. The molecule has 2 aliphatic rings. The van der Waals surface area contributed by atoms with E-state index in [0.717, 1.165) is 16.6 Å². The summed E-state index contributed by atoms with van der Waals surface area (Å²) in [4.78, 5) is 39.9. The van der Waals surface area contributed by atoms with Crippen LogP contribution < -0.4 is 5.73 Å². The number of primary amides is 1. The largest absolute Gasteiger partial charge is 0.433 e. The van der Waals surface area contributed by atoms with Gasteiger partial charge in [-0.25, -0.2) is 9.18 Å². The highest BCUT2D eigenvalue weighted by atomic mass is 19.1. The Morgan fingerprint density at radius 2 is 1.65 bits per heavy atom. The number of amides is 3. The quantitative estimate of drug-likeness (QED) is 0.642. The van der Waals surface area contributed by atoms with E-state index in [1.54, 1.807) is 11.0 Å². The number of hydrogen-bond acceptors (Lipinski definition) is 4. The van der Waals surface area contributed by atoms with Crippen LogP contribution in [0, 0.1) is 12.7 Å². The summed E-state index contributed by atoms with van der Waals surface area (Å²) >= 11 is 0. The molecule has 5 rings (SSSR count). The molecule has 1 aliphatic heterocycles. The number of hydrogen-bond donors (Lipinski definition) is 1. The molecule has 3 aromatic rings.